The summed E-state index contributed by atoms with van der Waals surface area (Å²) in [4.78, 5) is 16.3. The van der Waals surface area contributed by atoms with Gasteiger partial charge in [-0.2, -0.15) is 10.4 Å². The number of rotatable bonds is 9. The van der Waals surface area contributed by atoms with Gasteiger partial charge in [0.2, 0.25) is 5.88 Å². The summed E-state index contributed by atoms with van der Waals surface area (Å²) >= 11 is 3.39. The average Bonchev–Trinajstić information content (AvgIpc) is 2.72. The third-order valence-electron chi connectivity index (χ3n) is 3.84. The van der Waals surface area contributed by atoms with Gasteiger partial charge in [0.25, 0.3) is 5.91 Å². The predicted octanol–water partition coefficient (Wildman–Crippen LogP) is 2.72. The number of nitriles is 1. The van der Waals surface area contributed by atoms with Gasteiger partial charge in [-0.05, 0) is 35.0 Å². The summed E-state index contributed by atoms with van der Waals surface area (Å²) in [5.74, 6) is 0.688. The zero-order chi connectivity index (χ0) is 22.1. The topological polar surface area (TPSA) is 115 Å². The Bertz CT molecular complexity index is 988. The molecule has 1 amide bonds. The highest BCUT2D eigenvalue weighted by molar-refractivity contribution is 9.10. The van der Waals surface area contributed by atoms with E-state index in [2.05, 4.69) is 31.4 Å². The van der Waals surface area contributed by atoms with E-state index in [1.165, 1.54) is 20.4 Å². The fraction of sp³-hybridized carbons (Fsp3) is 0.300. The molecule has 0 aliphatic rings. The van der Waals surface area contributed by atoms with Gasteiger partial charge in [-0.15, -0.1) is 0 Å². The van der Waals surface area contributed by atoms with Crippen molar-refractivity contribution < 1.29 is 23.7 Å². The molecule has 0 fully saturated rings. The SMILES string of the molecule is COCc1cc(C)nc(OCC(=O)N/N=C\c2cc(Br)c(OC)cc2OC)c1C#N. The Morgan fingerprint density at radius 3 is 2.63 bits per heavy atom. The molecule has 1 aromatic carbocycles. The highest BCUT2D eigenvalue weighted by atomic mass is 79.9. The average molecular weight is 477 g/mol. The summed E-state index contributed by atoms with van der Waals surface area (Å²) in [7, 11) is 4.59. The zero-order valence-corrected chi connectivity index (χ0v) is 18.6. The molecule has 0 aliphatic heterocycles. The summed E-state index contributed by atoms with van der Waals surface area (Å²) in [6.07, 6.45) is 1.43. The van der Waals surface area contributed by atoms with Crippen molar-refractivity contribution >= 4 is 28.1 Å². The molecule has 0 saturated carbocycles. The van der Waals surface area contributed by atoms with Crippen LogP contribution in [0.5, 0.6) is 17.4 Å². The fourth-order valence-electron chi connectivity index (χ4n) is 2.53. The number of methoxy groups -OCH3 is 3. The number of nitrogens with zero attached hydrogens (tertiary/aromatic N) is 3. The van der Waals surface area contributed by atoms with Gasteiger partial charge in [-0.25, -0.2) is 10.4 Å². The van der Waals surface area contributed by atoms with Crippen LogP contribution >= 0.6 is 15.9 Å². The minimum Gasteiger partial charge on any atom is -0.496 e. The quantitative estimate of drug-likeness (QED) is 0.436. The van der Waals surface area contributed by atoms with Crippen LogP contribution in [0.25, 0.3) is 0 Å². The van der Waals surface area contributed by atoms with Gasteiger partial charge in [0.05, 0.1) is 31.5 Å². The molecule has 1 N–H and O–H groups in total. The second-order valence-corrected chi connectivity index (χ2v) is 6.81. The third kappa shape index (κ3) is 5.92. The molecule has 0 spiro atoms. The molecule has 0 bridgehead atoms. The van der Waals surface area contributed by atoms with Crippen LogP contribution in [0.4, 0.5) is 0 Å². The molecule has 10 heteroatoms. The van der Waals surface area contributed by atoms with Gasteiger partial charge in [-0.3, -0.25) is 4.79 Å². The van der Waals surface area contributed by atoms with E-state index in [9.17, 15) is 10.1 Å². The lowest BCUT2D eigenvalue weighted by Gasteiger charge is -2.11. The Morgan fingerprint density at radius 2 is 2.00 bits per heavy atom. The van der Waals surface area contributed by atoms with Crippen LogP contribution in [0.3, 0.4) is 0 Å². The van der Waals surface area contributed by atoms with Gasteiger partial charge >= 0.3 is 0 Å². The summed E-state index contributed by atoms with van der Waals surface area (Å²) < 4.78 is 21.7. The van der Waals surface area contributed by atoms with Gasteiger partial charge in [-0.1, -0.05) is 0 Å². The van der Waals surface area contributed by atoms with Crippen molar-refractivity contribution in [2.24, 2.45) is 5.10 Å². The van der Waals surface area contributed by atoms with Gasteiger partial charge in [0, 0.05) is 30.0 Å². The van der Waals surface area contributed by atoms with Crippen molar-refractivity contribution in [3.63, 3.8) is 0 Å². The van der Waals surface area contributed by atoms with E-state index in [-0.39, 0.29) is 24.7 Å². The molecule has 1 aromatic heterocycles. The first-order valence-corrected chi connectivity index (χ1v) is 9.48. The Hall–Kier alpha value is -3.16. The van der Waals surface area contributed by atoms with E-state index in [4.69, 9.17) is 18.9 Å². The number of hydrazone groups is 1. The van der Waals surface area contributed by atoms with E-state index in [0.29, 0.717) is 32.8 Å². The number of carbonyl (C=O) groups is 1. The van der Waals surface area contributed by atoms with Crippen molar-refractivity contribution in [2.75, 3.05) is 27.9 Å². The monoisotopic (exact) mass is 476 g/mol. The van der Waals surface area contributed by atoms with Crippen molar-refractivity contribution in [1.29, 1.82) is 5.26 Å². The van der Waals surface area contributed by atoms with Crippen LogP contribution in [0.2, 0.25) is 0 Å². The second-order valence-electron chi connectivity index (χ2n) is 5.96. The Morgan fingerprint density at radius 1 is 1.27 bits per heavy atom. The first kappa shape index (κ1) is 23.1. The van der Waals surface area contributed by atoms with Crippen LogP contribution in [0.15, 0.2) is 27.8 Å². The van der Waals surface area contributed by atoms with E-state index in [1.807, 2.05) is 6.07 Å². The molecule has 2 rings (SSSR count). The van der Waals surface area contributed by atoms with E-state index in [1.54, 1.807) is 32.2 Å². The number of aromatic nitrogens is 1. The van der Waals surface area contributed by atoms with E-state index < -0.39 is 5.91 Å². The largest absolute Gasteiger partial charge is 0.496 e. The number of carbonyl (C=O) groups excluding carboxylic acids is 1. The molecule has 1 heterocycles. The first-order valence-electron chi connectivity index (χ1n) is 8.69. The highest BCUT2D eigenvalue weighted by Gasteiger charge is 2.14. The third-order valence-corrected chi connectivity index (χ3v) is 4.46. The zero-order valence-electron chi connectivity index (χ0n) is 17.0. The molecule has 158 valence electrons. The molecule has 0 atom stereocenters. The minimum absolute atomic E-state index is 0.0735. The number of hydrogen-bond donors (Lipinski definition) is 1. The van der Waals surface area contributed by atoms with Crippen LogP contribution in [0.1, 0.15) is 22.4 Å². The van der Waals surface area contributed by atoms with Crippen molar-refractivity contribution in [3.05, 3.63) is 45.1 Å². The maximum atomic E-state index is 12.1. The summed E-state index contributed by atoms with van der Waals surface area (Å²) in [5.41, 5.74) is 4.50. The number of halogens is 1. The normalized spacial score (nSPS) is 10.5. The minimum atomic E-state index is -0.515. The maximum absolute atomic E-state index is 12.1. The van der Waals surface area contributed by atoms with Gasteiger partial charge in [0.1, 0.15) is 23.1 Å². The van der Waals surface area contributed by atoms with Crippen molar-refractivity contribution in [3.8, 4) is 23.4 Å². The number of pyridine rings is 1. The summed E-state index contributed by atoms with van der Waals surface area (Å²) in [6.45, 7) is 1.63. The van der Waals surface area contributed by atoms with Crippen molar-refractivity contribution in [1.82, 2.24) is 10.4 Å². The molecule has 0 unspecified atom stereocenters. The molecule has 9 nitrogen and oxygen atoms in total. The number of ether oxygens (including phenoxy) is 4. The Labute approximate surface area is 182 Å². The lowest BCUT2D eigenvalue weighted by Crippen LogP contribution is -2.25. The van der Waals surface area contributed by atoms with E-state index >= 15 is 0 Å². The molecule has 0 saturated heterocycles. The number of aryl methyl sites for hydroxylation is 1. The lowest BCUT2D eigenvalue weighted by atomic mass is 10.1. The maximum Gasteiger partial charge on any atom is 0.278 e. The predicted molar refractivity (Wildman–Crippen MR) is 113 cm³/mol. The molecule has 2 aromatic rings. The van der Waals surface area contributed by atoms with Crippen LogP contribution in [0, 0.1) is 18.3 Å². The molecule has 30 heavy (non-hydrogen) atoms. The molecule has 0 aliphatic carbocycles. The molecular formula is C20H21BrN4O5. The number of hydrogen-bond acceptors (Lipinski definition) is 8. The molecular weight excluding hydrogens is 456 g/mol. The van der Waals surface area contributed by atoms with Crippen molar-refractivity contribution in [2.45, 2.75) is 13.5 Å². The van der Waals surface area contributed by atoms with Crippen LogP contribution in [-0.4, -0.2) is 45.0 Å². The molecule has 0 radical (unpaired) electrons. The van der Waals surface area contributed by atoms with E-state index in [0.717, 1.165) is 0 Å². The Kier molecular flexibility index (Phi) is 8.58. The number of benzene rings is 1. The summed E-state index contributed by atoms with van der Waals surface area (Å²) in [5, 5.41) is 13.3. The van der Waals surface area contributed by atoms with Gasteiger partial charge in [0.15, 0.2) is 6.61 Å². The number of amides is 1. The highest BCUT2D eigenvalue weighted by Crippen LogP contribution is 2.31. The number of nitrogens with one attached hydrogen (secondary N) is 1. The lowest BCUT2D eigenvalue weighted by molar-refractivity contribution is -0.123. The standard InChI is InChI=1S/C20H21BrN4O5/c1-12-5-14(10-27-2)15(8-22)20(24-12)30-11-19(26)25-23-9-13-6-16(21)18(29-4)7-17(13)28-3/h5-7,9H,10-11H2,1-4H3,(H,25,26)/b23-9-. The fourth-order valence-corrected chi connectivity index (χ4v) is 3.05. The van der Waals surface area contributed by atoms with Crippen LogP contribution < -0.4 is 19.6 Å². The second kappa shape index (κ2) is 11.1. The van der Waals surface area contributed by atoms with Crippen LogP contribution in [-0.2, 0) is 16.1 Å². The first-order chi connectivity index (χ1) is 14.4. The smallest absolute Gasteiger partial charge is 0.278 e. The Balaban J connectivity index is 2.04. The summed E-state index contributed by atoms with van der Waals surface area (Å²) in [6, 6.07) is 7.21. The van der Waals surface area contributed by atoms with Gasteiger partial charge < -0.3 is 18.9 Å².